The second kappa shape index (κ2) is 6.83. The number of amides is 2. The topological polar surface area (TPSA) is 57.4 Å². The maximum atomic E-state index is 13.3. The van der Waals surface area contributed by atoms with E-state index in [2.05, 4.69) is 16.4 Å². The van der Waals surface area contributed by atoms with E-state index in [1.165, 1.54) is 17.7 Å². The molecule has 2 N–H and O–H groups in total. The van der Waals surface area contributed by atoms with Crippen molar-refractivity contribution in [3.8, 4) is 0 Å². The third kappa shape index (κ3) is 3.37. The fraction of sp³-hybridized carbons (Fsp3) is 0.353. The minimum Gasteiger partial charge on any atom is -0.383 e. The van der Waals surface area contributed by atoms with Gasteiger partial charge in [0.05, 0.1) is 6.61 Å². The number of carbonyl (C=O) groups is 1. The van der Waals surface area contributed by atoms with Crippen LogP contribution in [0.4, 0.5) is 9.18 Å². The smallest absolute Gasteiger partial charge is 0.317 e. The molecule has 0 spiro atoms. The zero-order valence-electron chi connectivity index (χ0n) is 13.1. The maximum Gasteiger partial charge on any atom is 0.317 e. The number of ether oxygens (including phenoxy) is 1. The molecule has 1 aromatic heterocycles. The fourth-order valence-electron chi connectivity index (χ4n) is 2.83. The first-order valence-corrected chi connectivity index (χ1v) is 7.67. The quantitative estimate of drug-likeness (QED) is 0.852. The Morgan fingerprint density at radius 2 is 2.35 bits per heavy atom. The molecule has 1 aromatic carbocycles. The van der Waals surface area contributed by atoms with Gasteiger partial charge in [0, 0.05) is 49.4 Å². The van der Waals surface area contributed by atoms with Gasteiger partial charge in [0.15, 0.2) is 0 Å². The molecule has 0 bridgehead atoms. The monoisotopic (exact) mass is 317 g/mol. The van der Waals surface area contributed by atoms with E-state index >= 15 is 0 Å². The summed E-state index contributed by atoms with van der Waals surface area (Å²) in [7, 11) is 1.61. The molecule has 0 saturated heterocycles. The standard InChI is InChI=1S/C17H20FN3O2/c1-23-9-6-19-17(22)21-7-4-12(5-8-21)15-11-20-16-10-13(18)2-3-14(15)16/h2-4,10-11,20H,5-9H2,1H3,(H,19,22). The van der Waals surface area contributed by atoms with Gasteiger partial charge in [-0.25, -0.2) is 9.18 Å². The molecule has 0 aliphatic carbocycles. The van der Waals surface area contributed by atoms with Crippen molar-refractivity contribution in [3.63, 3.8) is 0 Å². The first-order chi connectivity index (χ1) is 11.2. The van der Waals surface area contributed by atoms with Crippen molar-refractivity contribution >= 4 is 22.5 Å². The number of nitrogens with one attached hydrogen (secondary N) is 2. The molecular formula is C17H20FN3O2. The number of benzene rings is 1. The van der Waals surface area contributed by atoms with E-state index in [0.717, 1.165) is 22.9 Å². The molecule has 0 radical (unpaired) electrons. The van der Waals surface area contributed by atoms with Crippen LogP contribution in [0, 0.1) is 5.82 Å². The van der Waals surface area contributed by atoms with Crippen molar-refractivity contribution < 1.29 is 13.9 Å². The molecule has 2 amide bonds. The molecule has 0 atom stereocenters. The summed E-state index contributed by atoms with van der Waals surface area (Å²) in [6.45, 7) is 2.25. The minimum atomic E-state index is -0.248. The average molecular weight is 317 g/mol. The first-order valence-electron chi connectivity index (χ1n) is 7.67. The number of carbonyl (C=O) groups excluding carboxylic acids is 1. The van der Waals surface area contributed by atoms with Gasteiger partial charge in [-0.2, -0.15) is 0 Å². The molecule has 0 saturated carbocycles. The predicted octanol–water partition coefficient (Wildman–Crippen LogP) is 2.75. The number of nitrogens with zero attached hydrogens (tertiary/aromatic N) is 1. The maximum absolute atomic E-state index is 13.3. The predicted molar refractivity (Wildman–Crippen MR) is 87.7 cm³/mol. The van der Waals surface area contributed by atoms with Crippen molar-refractivity contribution in [3.05, 3.63) is 41.9 Å². The van der Waals surface area contributed by atoms with Gasteiger partial charge in [0.2, 0.25) is 0 Å². The van der Waals surface area contributed by atoms with Crippen molar-refractivity contribution in [1.82, 2.24) is 15.2 Å². The molecule has 5 nitrogen and oxygen atoms in total. The molecule has 2 heterocycles. The number of methoxy groups -OCH3 is 1. The Kier molecular flexibility index (Phi) is 4.62. The van der Waals surface area contributed by atoms with Crippen LogP contribution in [0.25, 0.3) is 16.5 Å². The lowest BCUT2D eigenvalue weighted by molar-refractivity contribution is 0.182. The summed E-state index contributed by atoms with van der Waals surface area (Å²) in [6, 6.07) is 4.69. The molecule has 1 aliphatic rings. The molecule has 3 rings (SSSR count). The third-order valence-corrected chi connectivity index (χ3v) is 4.07. The average Bonchev–Trinajstić information content (AvgIpc) is 2.98. The highest BCUT2D eigenvalue weighted by Gasteiger charge is 2.19. The van der Waals surface area contributed by atoms with E-state index in [0.29, 0.717) is 26.2 Å². The molecular weight excluding hydrogens is 297 g/mol. The number of rotatable bonds is 4. The van der Waals surface area contributed by atoms with Gasteiger partial charge >= 0.3 is 6.03 Å². The van der Waals surface area contributed by atoms with Gasteiger partial charge in [-0.15, -0.1) is 0 Å². The van der Waals surface area contributed by atoms with Gasteiger partial charge in [-0.1, -0.05) is 6.08 Å². The third-order valence-electron chi connectivity index (χ3n) is 4.07. The Bertz CT molecular complexity index is 739. The number of aromatic nitrogens is 1. The lowest BCUT2D eigenvalue weighted by atomic mass is 9.99. The Hall–Kier alpha value is -2.34. The van der Waals surface area contributed by atoms with Crippen LogP contribution in [-0.2, 0) is 4.74 Å². The number of fused-ring (bicyclic) bond motifs is 1. The van der Waals surface area contributed by atoms with E-state index in [4.69, 9.17) is 4.74 Å². The summed E-state index contributed by atoms with van der Waals surface area (Å²) < 4.78 is 18.2. The van der Waals surface area contributed by atoms with Crippen LogP contribution in [-0.4, -0.2) is 49.3 Å². The lowest BCUT2D eigenvalue weighted by Gasteiger charge is -2.26. The van der Waals surface area contributed by atoms with Crippen molar-refractivity contribution in [2.24, 2.45) is 0 Å². The molecule has 1 aliphatic heterocycles. The zero-order chi connectivity index (χ0) is 16.2. The summed E-state index contributed by atoms with van der Waals surface area (Å²) >= 11 is 0. The van der Waals surface area contributed by atoms with Crippen molar-refractivity contribution in [2.75, 3.05) is 33.4 Å². The number of H-pyrrole nitrogens is 1. The van der Waals surface area contributed by atoms with Gasteiger partial charge in [0.1, 0.15) is 5.82 Å². The molecule has 0 fully saturated rings. The second-order valence-corrected chi connectivity index (χ2v) is 5.54. The Balaban J connectivity index is 1.69. The van der Waals surface area contributed by atoms with E-state index in [-0.39, 0.29) is 11.8 Å². The highest BCUT2D eigenvalue weighted by atomic mass is 19.1. The van der Waals surface area contributed by atoms with Gasteiger partial charge in [-0.05, 0) is 30.2 Å². The molecule has 122 valence electrons. The van der Waals surface area contributed by atoms with Crippen LogP contribution in [0.5, 0.6) is 0 Å². The second-order valence-electron chi connectivity index (χ2n) is 5.54. The Labute approximate surface area is 134 Å². The van der Waals surface area contributed by atoms with E-state index in [1.54, 1.807) is 18.1 Å². The van der Waals surface area contributed by atoms with Crippen LogP contribution >= 0.6 is 0 Å². The summed E-state index contributed by atoms with van der Waals surface area (Å²) in [5.41, 5.74) is 3.06. The molecule has 0 unspecified atom stereocenters. The van der Waals surface area contributed by atoms with Crippen LogP contribution < -0.4 is 5.32 Å². The van der Waals surface area contributed by atoms with Crippen LogP contribution in [0.2, 0.25) is 0 Å². The van der Waals surface area contributed by atoms with Crippen LogP contribution in [0.3, 0.4) is 0 Å². The lowest BCUT2D eigenvalue weighted by Crippen LogP contribution is -2.43. The van der Waals surface area contributed by atoms with E-state index in [9.17, 15) is 9.18 Å². The largest absolute Gasteiger partial charge is 0.383 e. The Morgan fingerprint density at radius 1 is 1.48 bits per heavy atom. The highest BCUT2D eigenvalue weighted by Crippen LogP contribution is 2.29. The van der Waals surface area contributed by atoms with Crippen LogP contribution in [0.1, 0.15) is 12.0 Å². The SMILES string of the molecule is COCCNC(=O)N1CC=C(c2c[nH]c3cc(F)ccc23)CC1. The van der Waals surface area contributed by atoms with Crippen molar-refractivity contribution in [2.45, 2.75) is 6.42 Å². The number of hydrogen-bond acceptors (Lipinski definition) is 2. The normalized spacial score (nSPS) is 14.9. The van der Waals surface area contributed by atoms with Crippen molar-refractivity contribution in [1.29, 1.82) is 0 Å². The zero-order valence-corrected chi connectivity index (χ0v) is 13.1. The van der Waals surface area contributed by atoms with Gasteiger partial charge in [0.25, 0.3) is 0 Å². The summed E-state index contributed by atoms with van der Waals surface area (Å²) in [5, 5.41) is 3.83. The number of aromatic amines is 1. The number of urea groups is 1. The van der Waals surface area contributed by atoms with Gasteiger partial charge in [-0.3, -0.25) is 0 Å². The minimum absolute atomic E-state index is 0.0710. The van der Waals surface area contributed by atoms with Crippen LogP contribution in [0.15, 0.2) is 30.5 Å². The Morgan fingerprint density at radius 3 is 3.09 bits per heavy atom. The molecule has 23 heavy (non-hydrogen) atoms. The van der Waals surface area contributed by atoms with Gasteiger partial charge < -0.3 is 19.9 Å². The highest BCUT2D eigenvalue weighted by molar-refractivity contribution is 5.93. The first kappa shape index (κ1) is 15.6. The number of hydrogen-bond donors (Lipinski definition) is 2. The fourth-order valence-corrected chi connectivity index (χ4v) is 2.83. The van der Waals surface area contributed by atoms with E-state index < -0.39 is 0 Å². The van der Waals surface area contributed by atoms with E-state index in [1.807, 2.05) is 6.20 Å². The molecule has 6 heteroatoms. The summed E-state index contributed by atoms with van der Waals surface area (Å²) in [6.07, 6.45) is 4.75. The summed E-state index contributed by atoms with van der Waals surface area (Å²) in [4.78, 5) is 16.9. The number of halogens is 1. The molecule has 2 aromatic rings. The summed E-state index contributed by atoms with van der Waals surface area (Å²) in [5.74, 6) is -0.248.